The summed E-state index contributed by atoms with van der Waals surface area (Å²) in [7, 11) is 0. The van der Waals surface area contributed by atoms with Crippen LogP contribution in [0.3, 0.4) is 0 Å². The van der Waals surface area contributed by atoms with Gasteiger partial charge in [0.1, 0.15) is 6.10 Å². The first-order valence-electron chi connectivity index (χ1n) is 8.28. The minimum Gasteiger partial charge on any atom is -0.376 e. The van der Waals surface area contributed by atoms with Crippen molar-refractivity contribution in [1.29, 1.82) is 0 Å². The Labute approximate surface area is 152 Å². The van der Waals surface area contributed by atoms with Crippen molar-refractivity contribution in [3.8, 4) is 11.1 Å². The fourth-order valence-corrected chi connectivity index (χ4v) is 2.93. The number of hydrogen-bond acceptors (Lipinski definition) is 3. The van der Waals surface area contributed by atoms with Crippen molar-refractivity contribution in [1.82, 2.24) is 5.32 Å². The van der Waals surface area contributed by atoms with Crippen LogP contribution < -0.4 is 10.6 Å². The van der Waals surface area contributed by atoms with Crippen LogP contribution in [0.1, 0.15) is 6.92 Å². The van der Waals surface area contributed by atoms with Crippen molar-refractivity contribution < 1.29 is 14.3 Å². The number of amides is 2. The average molecular weight is 361 g/mol. The van der Waals surface area contributed by atoms with Gasteiger partial charge in [0.2, 0.25) is 0 Å². The van der Waals surface area contributed by atoms with Gasteiger partial charge >= 0.3 is 6.03 Å². The summed E-state index contributed by atoms with van der Waals surface area (Å²) in [6.45, 7) is 3.49. The molecule has 2 unspecified atom stereocenters. The first-order valence-corrected chi connectivity index (χ1v) is 8.66. The van der Waals surface area contributed by atoms with E-state index in [-0.39, 0.29) is 18.2 Å². The number of carbonyl (C=O) groups excluding carboxylic acids is 1. The Morgan fingerprint density at radius 3 is 2.76 bits per heavy atom. The van der Waals surface area contributed by atoms with Crippen LogP contribution in [-0.2, 0) is 9.47 Å². The number of carbonyl (C=O) groups is 1. The minimum atomic E-state index is -0.270. The number of anilines is 1. The highest BCUT2D eigenvalue weighted by Crippen LogP contribution is 2.24. The Morgan fingerprint density at radius 1 is 1.20 bits per heavy atom. The molecule has 0 aromatic heterocycles. The van der Waals surface area contributed by atoms with E-state index < -0.39 is 0 Å². The monoisotopic (exact) mass is 360 g/mol. The molecule has 1 heterocycles. The van der Waals surface area contributed by atoms with Crippen LogP contribution in [0.25, 0.3) is 11.1 Å². The van der Waals surface area contributed by atoms with Gasteiger partial charge in [-0.05, 0) is 42.3 Å². The van der Waals surface area contributed by atoms with Crippen LogP contribution in [0.15, 0.2) is 48.5 Å². The fraction of sp³-hybridized carbons (Fsp3) is 0.316. The van der Waals surface area contributed by atoms with Gasteiger partial charge in [-0.2, -0.15) is 0 Å². The van der Waals surface area contributed by atoms with Crippen LogP contribution in [0.5, 0.6) is 0 Å². The predicted molar refractivity (Wildman–Crippen MR) is 99.1 cm³/mol. The summed E-state index contributed by atoms with van der Waals surface area (Å²) in [6.07, 6.45) is -0.101. The molecule has 1 aliphatic heterocycles. The van der Waals surface area contributed by atoms with Crippen molar-refractivity contribution in [3.63, 3.8) is 0 Å². The van der Waals surface area contributed by atoms with E-state index in [2.05, 4.69) is 10.6 Å². The third-order valence-electron chi connectivity index (χ3n) is 4.02. The molecule has 2 N–H and O–H groups in total. The second-order valence-corrected chi connectivity index (χ2v) is 6.26. The zero-order chi connectivity index (χ0) is 17.6. The molecule has 1 saturated heterocycles. The van der Waals surface area contributed by atoms with E-state index in [1.54, 1.807) is 0 Å². The molecular weight excluding hydrogens is 340 g/mol. The molecule has 2 aromatic carbocycles. The van der Waals surface area contributed by atoms with Gasteiger partial charge in [-0.1, -0.05) is 35.9 Å². The van der Waals surface area contributed by atoms with E-state index in [0.717, 1.165) is 16.8 Å². The van der Waals surface area contributed by atoms with Gasteiger partial charge in [-0.15, -0.1) is 0 Å². The SMILES string of the molecule is CCOC1COCC1NC(=O)Nc1cccc(-c2ccc(Cl)cc2)c1. The van der Waals surface area contributed by atoms with E-state index in [1.807, 2.05) is 55.5 Å². The third-order valence-corrected chi connectivity index (χ3v) is 4.28. The summed E-state index contributed by atoms with van der Waals surface area (Å²) < 4.78 is 11.0. The lowest BCUT2D eigenvalue weighted by Gasteiger charge is -2.19. The highest BCUT2D eigenvalue weighted by Gasteiger charge is 2.30. The predicted octanol–water partition coefficient (Wildman–Crippen LogP) is 3.93. The Balaban J connectivity index is 1.63. The maximum absolute atomic E-state index is 12.3. The smallest absolute Gasteiger partial charge is 0.319 e. The van der Waals surface area contributed by atoms with Gasteiger partial charge < -0.3 is 20.1 Å². The summed E-state index contributed by atoms with van der Waals surface area (Å²) in [5.41, 5.74) is 2.76. The molecule has 2 amide bonds. The normalized spacial score (nSPS) is 19.6. The van der Waals surface area contributed by atoms with Crippen molar-refractivity contribution in [2.75, 3.05) is 25.1 Å². The van der Waals surface area contributed by atoms with Gasteiger partial charge in [0.25, 0.3) is 0 Å². The van der Waals surface area contributed by atoms with Crippen LogP contribution >= 0.6 is 11.6 Å². The third kappa shape index (κ3) is 4.72. The highest BCUT2D eigenvalue weighted by atomic mass is 35.5. The van der Waals surface area contributed by atoms with Crippen molar-refractivity contribution in [3.05, 3.63) is 53.6 Å². The number of hydrogen-bond donors (Lipinski definition) is 2. The van der Waals surface area contributed by atoms with E-state index in [1.165, 1.54) is 0 Å². The van der Waals surface area contributed by atoms with Crippen molar-refractivity contribution >= 4 is 23.3 Å². The summed E-state index contributed by atoms with van der Waals surface area (Å²) >= 11 is 5.93. The topological polar surface area (TPSA) is 59.6 Å². The van der Waals surface area contributed by atoms with Crippen LogP contribution in [0, 0.1) is 0 Å². The summed E-state index contributed by atoms with van der Waals surface area (Å²) in [6, 6.07) is 14.8. The number of ether oxygens (including phenoxy) is 2. The van der Waals surface area contributed by atoms with E-state index >= 15 is 0 Å². The molecule has 6 heteroatoms. The standard InChI is InChI=1S/C19H21ClN2O3/c1-2-25-18-12-24-11-17(18)22-19(23)21-16-5-3-4-14(10-16)13-6-8-15(20)9-7-13/h3-10,17-18H,2,11-12H2,1H3,(H2,21,22,23). The van der Waals surface area contributed by atoms with E-state index in [0.29, 0.717) is 24.8 Å². The maximum Gasteiger partial charge on any atom is 0.319 e. The van der Waals surface area contributed by atoms with Crippen LogP contribution in [0.2, 0.25) is 5.02 Å². The molecule has 0 spiro atoms. The van der Waals surface area contributed by atoms with E-state index in [4.69, 9.17) is 21.1 Å². The van der Waals surface area contributed by atoms with Gasteiger partial charge in [-0.25, -0.2) is 4.79 Å². The summed E-state index contributed by atoms with van der Waals surface area (Å²) in [5.74, 6) is 0. The molecule has 2 aromatic rings. The zero-order valence-corrected chi connectivity index (χ0v) is 14.8. The van der Waals surface area contributed by atoms with Crippen molar-refractivity contribution in [2.24, 2.45) is 0 Å². The molecule has 3 rings (SSSR count). The molecule has 0 bridgehead atoms. The Kier molecular flexibility index (Phi) is 5.91. The molecular formula is C19H21ClN2O3. The molecule has 0 aliphatic carbocycles. The number of benzene rings is 2. The lowest BCUT2D eigenvalue weighted by atomic mass is 10.1. The number of urea groups is 1. The lowest BCUT2D eigenvalue weighted by Crippen LogP contribution is -2.45. The molecule has 1 fully saturated rings. The molecule has 5 nitrogen and oxygen atoms in total. The lowest BCUT2D eigenvalue weighted by molar-refractivity contribution is 0.0428. The highest BCUT2D eigenvalue weighted by molar-refractivity contribution is 6.30. The molecule has 1 aliphatic rings. The molecule has 25 heavy (non-hydrogen) atoms. The molecule has 2 atom stereocenters. The molecule has 0 saturated carbocycles. The number of nitrogens with one attached hydrogen (secondary N) is 2. The second-order valence-electron chi connectivity index (χ2n) is 5.82. The first-order chi connectivity index (χ1) is 12.2. The molecule has 132 valence electrons. The Morgan fingerprint density at radius 2 is 2.00 bits per heavy atom. The summed E-state index contributed by atoms with van der Waals surface area (Å²) in [5, 5.41) is 6.47. The van der Waals surface area contributed by atoms with E-state index in [9.17, 15) is 4.79 Å². The number of halogens is 1. The number of rotatable bonds is 5. The minimum absolute atomic E-state index is 0.101. The van der Waals surface area contributed by atoms with Gasteiger partial charge in [0.05, 0.1) is 19.3 Å². The maximum atomic E-state index is 12.3. The molecule has 0 radical (unpaired) electrons. The van der Waals surface area contributed by atoms with Crippen LogP contribution in [0.4, 0.5) is 10.5 Å². The van der Waals surface area contributed by atoms with Gasteiger partial charge in [0.15, 0.2) is 0 Å². The van der Waals surface area contributed by atoms with Gasteiger partial charge in [-0.3, -0.25) is 0 Å². The average Bonchev–Trinajstić information content (AvgIpc) is 3.03. The first kappa shape index (κ1) is 17.7. The zero-order valence-electron chi connectivity index (χ0n) is 14.0. The quantitative estimate of drug-likeness (QED) is 0.849. The Hall–Kier alpha value is -2.08. The largest absolute Gasteiger partial charge is 0.376 e. The second kappa shape index (κ2) is 8.34. The summed E-state index contributed by atoms with van der Waals surface area (Å²) in [4.78, 5) is 12.3. The van der Waals surface area contributed by atoms with Crippen molar-refractivity contribution in [2.45, 2.75) is 19.1 Å². The fourth-order valence-electron chi connectivity index (χ4n) is 2.80. The van der Waals surface area contributed by atoms with Crippen LogP contribution in [-0.4, -0.2) is 38.0 Å². The van der Waals surface area contributed by atoms with Gasteiger partial charge in [0, 0.05) is 17.3 Å². The Bertz CT molecular complexity index is 721.